The van der Waals surface area contributed by atoms with Crippen LogP contribution >= 0.6 is 0 Å². The average molecular weight is 563 g/mol. The molecule has 0 saturated heterocycles. The molecular formula is C29H26N2O6S2. The number of allylic oxidation sites excluding steroid dienone is 4. The minimum Gasteiger partial charge on any atom is -0.497 e. The van der Waals surface area contributed by atoms with E-state index in [1.54, 1.807) is 49.4 Å². The molecule has 0 fully saturated rings. The normalized spacial score (nSPS) is 15.9. The summed E-state index contributed by atoms with van der Waals surface area (Å²) in [6.07, 6.45) is 1.18. The van der Waals surface area contributed by atoms with Crippen molar-refractivity contribution in [3.8, 4) is 5.75 Å². The number of aryl methyl sites for hydroxylation is 1. The summed E-state index contributed by atoms with van der Waals surface area (Å²) in [5, 5.41) is 0. The number of hydrogen-bond acceptors (Lipinski definition) is 6. The van der Waals surface area contributed by atoms with Gasteiger partial charge in [0, 0.05) is 11.1 Å². The van der Waals surface area contributed by atoms with Gasteiger partial charge < -0.3 is 4.74 Å². The number of ketones is 1. The fraction of sp³-hybridized carbons (Fsp3) is 0.138. The molecule has 0 unspecified atom stereocenters. The largest absolute Gasteiger partial charge is 0.497 e. The van der Waals surface area contributed by atoms with Crippen LogP contribution in [0.15, 0.2) is 120 Å². The zero-order valence-electron chi connectivity index (χ0n) is 21.7. The maximum absolute atomic E-state index is 13.4. The van der Waals surface area contributed by atoms with Crippen LogP contribution in [0.1, 0.15) is 25.0 Å². The third kappa shape index (κ3) is 5.81. The Morgan fingerprint density at radius 1 is 0.744 bits per heavy atom. The highest BCUT2D eigenvalue weighted by Crippen LogP contribution is 2.29. The number of amidine groups is 1. The minimum absolute atomic E-state index is 0.0292. The maximum atomic E-state index is 13.4. The van der Waals surface area contributed by atoms with E-state index in [0.717, 1.165) is 5.56 Å². The second-order valence-corrected chi connectivity index (χ2v) is 12.4. The van der Waals surface area contributed by atoms with Crippen LogP contribution < -0.4 is 4.74 Å². The van der Waals surface area contributed by atoms with Gasteiger partial charge in [-0.15, -0.1) is 4.40 Å². The van der Waals surface area contributed by atoms with Gasteiger partial charge in [-0.25, -0.2) is 13.4 Å². The highest BCUT2D eigenvalue weighted by Gasteiger charge is 2.33. The Morgan fingerprint density at radius 3 is 1.92 bits per heavy atom. The Balaban J connectivity index is 1.90. The van der Waals surface area contributed by atoms with Crippen LogP contribution in [0, 0.1) is 6.92 Å². The molecule has 0 saturated carbocycles. The van der Waals surface area contributed by atoms with Crippen molar-refractivity contribution in [2.75, 3.05) is 7.11 Å². The van der Waals surface area contributed by atoms with Crippen LogP contribution in [0.4, 0.5) is 0 Å². The van der Waals surface area contributed by atoms with Gasteiger partial charge in [-0.1, -0.05) is 48.0 Å². The number of benzene rings is 3. The second-order valence-electron chi connectivity index (χ2n) is 8.83. The van der Waals surface area contributed by atoms with Crippen molar-refractivity contribution >= 4 is 37.2 Å². The summed E-state index contributed by atoms with van der Waals surface area (Å²) in [4.78, 5) is 17.0. The molecule has 10 heteroatoms. The summed E-state index contributed by atoms with van der Waals surface area (Å²) in [6.45, 7) is 4.96. The van der Waals surface area contributed by atoms with E-state index in [2.05, 4.69) is 9.39 Å². The van der Waals surface area contributed by atoms with Crippen LogP contribution in [-0.2, 0) is 24.7 Å². The molecule has 39 heavy (non-hydrogen) atoms. The Kier molecular flexibility index (Phi) is 7.80. The number of Topliss-reactive ketones (excluding diaryl/α,β-unsaturated/α-hetero) is 1. The van der Waals surface area contributed by atoms with Crippen LogP contribution in [-0.4, -0.2) is 41.3 Å². The smallest absolute Gasteiger partial charge is 0.284 e. The molecule has 0 aromatic heterocycles. The van der Waals surface area contributed by atoms with Crippen molar-refractivity contribution in [2.45, 2.75) is 30.6 Å². The average Bonchev–Trinajstić information content (AvgIpc) is 2.93. The molecule has 0 N–H and O–H groups in total. The molecule has 4 rings (SSSR count). The van der Waals surface area contributed by atoms with Crippen LogP contribution in [0.5, 0.6) is 5.75 Å². The predicted molar refractivity (Wildman–Crippen MR) is 150 cm³/mol. The van der Waals surface area contributed by atoms with Crippen LogP contribution in [0.25, 0.3) is 0 Å². The Bertz CT molecular complexity index is 1770. The van der Waals surface area contributed by atoms with E-state index in [9.17, 15) is 21.6 Å². The van der Waals surface area contributed by atoms with Crippen molar-refractivity contribution in [2.24, 2.45) is 9.39 Å². The second kappa shape index (κ2) is 10.9. The molecule has 0 amide bonds. The zero-order chi connectivity index (χ0) is 28.4. The fourth-order valence-electron chi connectivity index (χ4n) is 3.76. The first-order valence-corrected chi connectivity index (χ1v) is 14.8. The number of aliphatic imine (C=N–C) groups is 1. The van der Waals surface area contributed by atoms with Crippen molar-refractivity contribution in [3.05, 3.63) is 112 Å². The van der Waals surface area contributed by atoms with Crippen LogP contribution in [0.2, 0.25) is 0 Å². The lowest BCUT2D eigenvalue weighted by Gasteiger charge is -2.18. The van der Waals surface area contributed by atoms with Crippen molar-refractivity contribution < 1.29 is 26.4 Å². The summed E-state index contributed by atoms with van der Waals surface area (Å²) in [6, 6.07) is 20.4. The molecule has 3 aromatic carbocycles. The summed E-state index contributed by atoms with van der Waals surface area (Å²) in [5.41, 5.74) is 1.97. The van der Waals surface area contributed by atoms with Gasteiger partial charge in [-0.2, -0.15) is 8.42 Å². The van der Waals surface area contributed by atoms with Gasteiger partial charge in [0.2, 0.25) is 15.6 Å². The zero-order valence-corrected chi connectivity index (χ0v) is 23.4. The van der Waals surface area contributed by atoms with Gasteiger partial charge in [0.25, 0.3) is 10.0 Å². The minimum atomic E-state index is -4.21. The third-order valence-electron chi connectivity index (χ3n) is 6.22. The standard InChI is InChI=1S/C29H26N2O6S2/c1-19-10-14-24(15-11-19)38(33,34)27-18-26(20(2)21(3)28(27)32)30-29(22-8-6-5-7-9-22)31-39(35,36)25-16-12-23(37-4)13-17-25/h5-18H,1-4H3. The molecule has 200 valence electrons. The van der Waals surface area contributed by atoms with E-state index >= 15 is 0 Å². The first kappa shape index (κ1) is 27.9. The van der Waals surface area contributed by atoms with Gasteiger partial charge in [0.15, 0.2) is 5.84 Å². The maximum Gasteiger partial charge on any atom is 0.284 e. The van der Waals surface area contributed by atoms with Crippen molar-refractivity contribution in [1.29, 1.82) is 0 Å². The van der Waals surface area contributed by atoms with E-state index in [4.69, 9.17) is 4.74 Å². The SMILES string of the molecule is COc1ccc(S(=O)(=O)N=C(N=C2C=C(S(=O)(=O)c3ccc(C)cc3)C(=O)C(C)=C2C)c2ccccc2)cc1. The molecule has 8 nitrogen and oxygen atoms in total. The number of carbonyl (C=O) groups is 1. The molecule has 0 heterocycles. The molecule has 1 aliphatic rings. The molecule has 3 aromatic rings. The van der Waals surface area contributed by atoms with E-state index in [0.29, 0.717) is 16.9 Å². The first-order valence-electron chi connectivity index (χ1n) is 11.8. The number of sulfone groups is 1. The van der Waals surface area contributed by atoms with E-state index in [1.807, 2.05) is 6.92 Å². The number of hydrogen-bond donors (Lipinski definition) is 0. The molecule has 0 spiro atoms. The van der Waals surface area contributed by atoms with Crippen LogP contribution in [0.3, 0.4) is 0 Å². The number of sulfonamides is 1. The summed E-state index contributed by atoms with van der Waals surface area (Å²) < 4.78 is 62.4. The number of rotatable bonds is 6. The van der Waals surface area contributed by atoms with Gasteiger partial charge in [-0.05, 0) is 68.8 Å². The summed E-state index contributed by atoms with van der Waals surface area (Å²) in [5.74, 6) is -0.320. The monoisotopic (exact) mass is 562 g/mol. The fourth-order valence-corrected chi connectivity index (χ4v) is 6.13. The summed E-state index contributed by atoms with van der Waals surface area (Å²) in [7, 11) is -6.92. The highest BCUT2D eigenvalue weighted by molar-refractivity contribution is 7.96. The third-order valence-corrected chi connectivity index (χ3v) is 9.28. The predicted octanol–water partition coefficient (Wildman–Crippen LogP) is 4.86. The molecular weight excluding hydrogens is 536 g/mol. The highest BCUT2D eigenvalue weighted by atomic mass is 32.2. The van der Waals surface area contributed by atoms with Gasteiger partial charge in [0.1, 0.15) is 10.7 Å². The lowest BCUT2D eigenvalue weighted by molar-refractivity contribution is -0.111. The number of ether oxygens (including phenoxy) is 1. The molecule has 0 radical (unpaired) electrons. The van der Waals surface area contributed by atoms with Crippen molar-refractivity contribution in [1.82, 2.24) is 0 Å². The van der Waals surface area contributed by atoms with Gasteiger partial charge in [-0.3, -0.25) is 4.79 Å². The summed E-state index contributed by atoms with van der Waals surface area (Å²) >= 11 is 0. The number of carbonyl (C=O) groups excluding carboxylic acids is 1. The lowest BCUT2D eigenvalue weighted by atomic mass is 9.96. The van der Waals surface area contributed by atoms with E-state index in [-0.39, 0.29) is 26.9 Å². The molecule has 0 bridgehead atoms. The number of methoxy groups -OCH3 is 1. The molecule has 0 aliphatic heterocycles. The first-order chi connectivity index (χ1) is 18.4. The van der Waals surface area contributed by atoms with E-state index < -0.39 is 30.5 Å². The van der Waals surface area contributed by atoms with Crippen molar-refractivity contribution in [3.63, 3.8) is 0 Å². The van der Waals surface area contributed by atoms with Gasteiger partial charge >= 0.3 is 0 Å². The Hall–Kier alpha value is -4.15. The number of nitrogens with zero attached hydrogens (tertiary/aromatic N) is 2. The topological polar surface area (TPSA) is 119 Å². The molecule has 1 aliphatic carbocycles. The quantitative estimate of drug-likeness (QED) is 0.241. The molecule has 0 atom stereocenters. The van der Waals surface area contributed by atoms with E-state index in [1.165, 1.54) is 56.5 Å². The Labute approximate surface area is 228 Å². The Morgan fingerprint density at radius 2 is 1.33 bits per heavy atom. The lowest BCUT2D eigenvalue weighted by Crippen LogP contribution is -2.23. The van der Waals surface area contributed by atoms with Gasteiger partial charge in [0.05, 0.1) is 22.6 Å².